The molecule has 0 aliphatic heterocycles. The highest BCUT2D eigenvalue weighted by Crippen LogP contribution is 2.21. The van der Waals surface area contributed by atoms with E-state index in [2.05, 4.69) is 30.7 Å². The first kappa shape index (κ1) is 30.3. The number of nitrogens with zero attached hydrogens (tertiary/aromatic N) is 2. The van der Waals surface area contributed by atoms with Gasteiger partial charge in [-0.2, -0.15) is 0 Å². The number of hydrogen-bond acceptors (Lipinski definition) is 3. The lowest BCUT2D eigenvalue weighted by atomic mass is 9.96. The molecular formula is C32H51FN2O. The van der Waals surface area contributed by atoms with E-state index < -0.39 is 6.17 Å². The zero-order chi connectivity index (χ0) is 25.8. The van der Waals surface area contributed by atoms with E-state index in [9.17, 15) is 4.39 Å². The van der Waals surface area contributed by atoms with Gasteiger partial charge in [-0.1, -0.05) is 97.8 Å². The average Bonchev–Trinajstić information content (AvgIpc) is 2.89. The van der Waals surface area contributed by atoms with Crippen molar-refractivity contribution in [3.8, 4) is 17.1 Å². The van der Waals surface area contributed by atoms with Crippen LogP contribution in [0.25, 0.3) is 11.4 Å². The number of hydrogen-bond donors (Lipinski definition) is 0. The molecule has 0 spiro atoms. The molecular weight excluding hydrogens is 447 g/mol. The van der Waals surface area contributed by atoms with Crippen LogP contribution in [0.2, 0.25) is 0 Å². The Labute approximate surface area is 220 Å². The molecule has 0 saturated heterocycles. The molecule has 1 heterocycles. The fourth-order valence-corrected chi connectivity index (χ4v) is 4.64. The van der Waals surface area contributed by atoms with Gasteiger partial charge >= 0.3 is 0 Å². The Bertz CT molecular complexity index is 778. The maximum atomic E-state index is 14.2. The molecule has 0 amide bonds. The van der Waals surface area contributed by atoms with E-state index >= 15 is 0 Å². The van der Waals surface area contributed by atoms with Crippen LogP contribution in [0.1, 0.15) is 123 Å². The number of halogens is 1. The highest BCUT2D eigenvalue weighted by atomic mass is 19.1. The Hall–Kier alpha value is -1.97. The predicted molar refractivity (Wildman–Crippen MR) is 151 cm³/mol. The summed E-state index contributed by atoms with van der Waals surface area (Å²) in [4.78, 5) is 9.13. The number of rotatable bonds is 21. The lowest BCUT2D eigenvalue weighted by molar-refractivity contribution is 0.220. The van der Waals surface area contributed by atoms with Crippen molar-refractivity contribution in [3.05, 3.63) is 42.2 Å². The van der Waals surface area contributed by atoms with Crippen LogP contribution in [0, 0.1) is 5.92 Å². The SMILES string of the molecule is CCCCCCCCCc1cnc(-c2ccc(OCCC(F)CCCC(C)CCCCC)cc2)nc1. The van der Waals surface area contributed by atoms with Gasteiger partial charge in [0.15, 0.2) is 5.82 Å². The summed E-state index contributed by atoms with van der Waals surface area (Å²) in [5, 5.41) is 0. The molecule has 2 atom stereocenters. The van der Waals surface area contributed by atoms with Crippen LogP contribution in [-0.2, 0) is 6.42 Å². The minimum atomic E-state index is -0.778. The van der Waals surface area contributed by atoms with Gasteiger partial charge < -0.3 is 4.74 Å². The van der Waals surface area contributed by atoms with Crippen molar-refractivity contribution in [2.75, 3.05) is 6.61 Å². The van der Waals surface area contributed by atoms with E-state index in [4.69, 9.17) is 4.74 Å². The Morgan fingerprint density at radius 2 is 1.33 bits per heavy atom. The predicted octanol–water partition coefficient (Wildman–Crippen LogP) is 9.93. The third kappa shape index (κ3) is 13.4. The van der Waals surface area contributed by atoms with Gasteiger partial charge in [-0.05, 0) is 55.0 Å². The highest BCUT2D eigenvalue weighted by molar-refractivity contribution is 5.55. The molecule has 0 aliphatic carbocycles. The first-order chi connectivity index (χ1) is 17.6. The fraction of sp³-hybridized carbons (Fsp3) is 0.688. The standard InChI is InChI=1S/C32H51FN2O/c1-4-6-8-9-10-11-13-17-28-25-34-32(35-26-28)29-19-21-31(22-20-29)36-24-23-30(33)18-14-16-27(3)15-12-7-5-2/h19-22,25-27,30H,4-18,23-24H2,1-3H3. The molecule has 36 heavy (non-hydrogen) atoms. The van der Waals surface area contributed by atoms with Gasteiger partial charge in [-0.3, -0.25) is 0 Å². The summed E-state index contributed by atoms with van der Waals surface area (Å²) in [6.45, 7) is 7.20. The number of aromatic nitrogens is 2. The van der Waals surface area contributed by atoms with Gasteiger partial charge in [0, 0.05) is 24.4 Å². The maximum absolute atomic E-state index is 14.2. The van der Waals surface area contributed by atoms with Crippen molar-refractivity contribution >= 4 is 0 Å². The molecule has 0 aliphatic rings. The topological polar surface area (TPSA) is 35.0 Å². The van der Waals surface area contributed by atoms with Crippen molar-refractivity contribution in [2.24, 2.45) is 5.92 Å². The quantitative estimate of drug-likeness (QED) is 0.161. The molecule has 2 rings (SSSR count). The first-order valence-electron chi connectivity index (χ1n) is 14.8. The van der Waals surface area contributed by atoms with Gasteiger partial charge in [0.05, 0.1) is 6.61 Å². The van der Waals surface area contributed by atoms with Gasteiger partial charge in [0.25, 0.3) is 0 Å². The Kier molecular flexibility index (Phi) is 16.1. The van der Waals surface area contributed by atoms with Crippen LogP contribution in [0.5, 0.6) is 5.75 Å². The maximum Gasteiger partial charge on any atom is 0.159 e. The minimum absolute atomic E-state index is 0.413. The van der Waals surface area contributed by atoms with Crippen molar-refractivity contribution in [1.82, 2.24) is 9.97 Å². The molecule has 1 aromatic carbocycles. The van der Waals surface area contributed by atoms with Crippen LogP contribution >= 0.6 is 0 Å². The molecule has 0 N–H and O–H groups in total. The van der Waals surface area contributed by atoms with Gasteiger partial charge in [-0.25, -0.2) is 14.4 Å². The normalized spacial score (nSPS) is 13.0. The zero-order valence-corrected chi connectivity index (χ0v) is 23.3. The van der Waals surface area contributed by atoms with Crippen molar-refractivity contribution < 1.29 is 9.13 Å². The number of aryl methyl sites for hydroxylation is 1. The van der Waals surface area contributed by atoms with Gasteiger partial charge in [-0.15, -0.1) is 0 Å². The molecule has 0 saturated carbocycles. The Balaban J connectivity index is 1.61. The van der Waals surface area contributed by atoms with E-state index in [1.54, 1.807) is 0 Å². The largest absolute Gasteiger partial charge is 0.493 e. The van der Waals surface area contributed by atoms with E-state index in [0.717, 1.165) is 36.4 Å². The smallest absolute Gasteiger partial charge is 0.159 e. The molecule has 2 unspecified atom stereocenters. The van der Waals surface area contributed by atoms with Crippen LogP contribution in [0.4, 0.5) is 4.39 Å². The molecule has 0 fully saturated rings. The summed E-state index contributed by atoms with van der Waals surface area (Å²) in [5.74, 6) is 2.22. The molecule has 2 aromatic rings. The molecule has 4 heteroatoms. The number of unbranched alkanes of at least 4 members (excludes halogenated alkanes) is 8. The van der Waals surface area contributed by atoms with Gasteiger partial charge in [0.1, 0.15) is 11.9 Å². The zero-order valence-electron chi connectivity index (χ0n) is 23.3. The number of alkyl halides is 1. The second kappa shape index (κ2) is 19.2. The third-order valence-electron chi connectivity index (χ3n) is 7.10. The first-order valence-corrected chi connectivity index (χ1v) is 14.8. The highest BCUT2D eigenvalue weighted by Gasteiger charge is 2.09. The van der Waals surface area contributed by atoms with E-state index in [1.807, 2.05) is 36.7 Å². The third-order valence-corrected chi connectivity index (χ3v) is 7.10. The fourth-order valence-electron chi connectivity index (χ4n) is 4.64. The lowest BCUT2D eigenvalue weighted by Crippen LogP contribution is -2.08. The van der Waals surface area contributed by atoms with E-state index in [1.165, 1.54) is 76.2 Å². The molecule has 202 valence electrons. The summed E-state index contributed by atoms with van der Waals surface area (Å²) in [5.41, 5.74) is 2.18. The summed E-state index contributed by atoms with van der Waals surface area (Å²) < 4.78 is 20.0. The molecule has 1 aromatic heterocycles. The second-order valence-electron chi connectivity index (χ2n) is 10.6. The average molecular weight is 499 g/mol. The monoisotopic (exact) mass is 498 g/mol. The summed E-state index contributed by atoms with van der Waals surface area (Å²) in [6.07, 6.45) is 21.8. The van der Waals surface area contributed by atoms with Crippen LogP contribution in [0.15, 0.2) is 36.7 Å². The number of benzene rings is 1. The summed E-state index contributed by atoms with van der Waals surface area (Å²) in [6, 6.07) is 7.81. The van der Waals surface area contributed by atoms with Gasteiger partial charge in [0.2, 0.25) is 0 Å². The van der Waals surface area contributed by atoms with E-state index in [0.29, 0.717) is 25.4 Å². The number of ether oxygens (including phenoxy) is 1. The van der Waals surface area contributed by atoms with Crippen LogP contribution in [0.3, 0.4) is 0 Å². The van der Waals surface area contributed by atoms with Crippen LogP contribution in [-0.4, -0.2) is 22.7 Å². The van der Waals surface area contributed by atoms with E-state index in [-0.39, 0.29) is 0 Å². The van der Waals surface area contributed by atoms with Crippen molar-refractivity contribution in [3.63, 3.8) is 0 Å². The van der Waals surface area contributed by atoms with Crippen molar-refractivity contribution in [1.29, 1.82) is 0 Å². The molecule has 3 nitrogen and oxygen atoms in total. The molecule has 0 bridgehead atoms. The Morgan fingerprint density at radius 1 is 0.722 bits per heavy atom. The van der Waals surface area contributed by atoms with Crippen LogP contribution < -0.4 is 4.74 Å². The van der Waals surface area contributed by atoms with Crippen molar-refractivity contribution in [2.45, 2.75) is 130 Å². The minimum Gasteiger partial charge on any atom is -0.493 e. The second-order valence-corrected chi connectivity index (χ2v) is 10.6. The lowest BCUT2D eigenvalue weighted by Gasteiger charge is -2.13. The summed E-state index contributed by atoms with van der Waals surface area (Å²) in [7, 11) is 0. The summed E-state index contributed by atoms with van der Waals surface area (Å²) >= 11 is 0. The molecule has 0 radical (unpaired) electrons. The Morgan fingerprint density at radius 3 is 2.03 bits per heavy atom.